The van der Waals surface area contributed by atoms with Crippen molar-refractivity contribution in [3.63, 3.8) is 0 Å². The van der Waals surface area contributed by atoms with Crippen LogP contribution in [0, 0.1) is 0 Å². The van der Waals surface area contributed by atoms with E-state index in [0.29, 0.717) is 26.3 Å². The highest BCUT2D eigenvalue weighted by Gasteiger charge is 2.46. The van der Waals surface area contributed by atoms with Crippen molar-refractivity contribution >= 4 is 17.8 Å². The fourth-order valence-electron chi connectivity index (χ4n) is 4.30. The van der Waals surface area contributed by atoms with Gasteiger partial charge >= 0.3 is 12.2 Å². The van der Waals surface area contributed by atoms with Crippen molar-refractivity contribution < 1.29 is 32.3 Å². The Hall–Kier alpha value is -3.38. The van der Waals surface area contributed by atoms with E-state index in [9.17, 15) is 27.6 Å². The maximum absolute atomic E-state index is 13.7. The van der Waals surface area contributed by atoms with Crippen LogP contribution in [0.2, 0.25) is 0 Å². The Labute approximate surface area is 193 Å². The van der Waals surface area contributed by atoms with Crippen molar-refractivity contribution in [1.29, 1.82) is 0 Å². The lowest BCUT2D eigenvalue weighted by atomic mass is 9.91. The third-order valence-corrected chi connectivity index (χ3v) is 5.81. The van der Waals surface area contributed by atoms with Gasteiger partial charge in [-0.1, -0.05) is 24.3 Å². The average Bonchev–Trinajstić information content (AvgIpc) is 3.11. The fourth-order valence-corrected chi connectivity index (χ4v) is 4.30. The van der Waals surface area contributed by atoms with Crippen LogP contribution in [0.4, 0.5) is 18.0 Å². The highest BCUT2D eigenvalue weighted by molar-refractivity contribution is 6.03. The molecule has 3 aliphatic rings. The molecule has 34 heavy (non-hydrogen) atoms. The van der Waals surface area contributed by atoms with Crippen molar-refractivity contribution in [2.75, 3.05) is 45.9 Å². The zero-order valence-electron chi connectivity index (χ0n) is 18.2. The summed E-state index contributed by atoms with van der Waals surface area (Å²) in [6, 6.07) is 2.86. The van der Waals surface area contributed by atoms with Gasteiger partial charge < -0.3 is 15.0 Å². The predicted octanol–water partition coefficient (Wildman–Crippen LogP) is 1.42. The monoisotopic (exact) mass is 479 g/mol. The minimum absolute atomic E-state index is 0.0114. The van der Waals surface area contributed by atoms with Crippen LogP contribution in [0.25, 0.3) is 0 Å². The van der Waals surface area contributed by atoms with E-state index >= 15 is 0 Å². The molecule has 0 spiro atoms. The first-order valence-electron chi connectivity index (χ1n) is 10.7. The molecule has 0 aliphatic carbocycles. The van der Waals surface area contributed by atoms with Crippen LogP contribution in [0.1, 0.15) is 17.2 Å². The second-order valence-corrected chi connectivity index (χ2v) is 8.02. The zero-order chi connectivity index (χ0) is 24.5. The first kappa shape index (κ1) is 23.8. The molecule has 0 aromatic heterocycles. The van der Waals surface area contributed by atoms with E-state index in [0.717, 1.165) is 6.07 Å². The van der Waals surface area contributed by atoms with Crippen LogP contribution in [0.5, 0.6) is 0 Å². The molecule has 0 saturated carbocycles. The normalized spacial score (nSPS) is 21.4. The summed E-state index contributed by atoms with van der Waals surface area (Å²) in [6.07, 6.45) is -3.23. The number of carbonyl (C=O) groups excluding carboxylic acids is 3. The van der Waals surface area contributed by atoms with Crippen LogP contribution in [0.15, 0.2) is 48.2 Å². The number of ether oxygens (including phenoxy) is 1. The number of hydrogen-bond acceptors (Lipinski definition) is 5. The highest BCUT2D eigenvalue weighted by atomic mass is 19.4. The molecule has 9 nitrogen and oxygen atoms in total. The van der Waals surface area contributed by atoms with Crippen LogP contribution in [-0.4, -0.2) is 78.6 Å². The molecule has 12 heteroatoms. The summed E-state index contributed by atoms with van der Waals surface area (Å²) in [5.74, 6) is -1.06. The minimum Gasteiger partial charge on any atom is -0.379 e. The van der Waals surface area contributed by atoms with Gasteiger partial charge in [0.15, 0.2) is 0 Å². The summed E-state index contributed by atoms with van der Waals surface area (Å²) < 4.78 is 46.3. The summed E-state index contributed by atoms with van der Waals surface area (Å²) in [6.45, 7) is 5.18. The SMILES string of the molecule is C=CCN1C(=O)NC(c2ccccc2C(F)(F)F)C2=C1CN(CC(=O)NN1CCOCC1)C2=O. The molecule has 2 N–H and O–H groups in total. The number of hydrazine groups is 1. The summed E-state index contributed by atoms with van der Waals surface area (Å²) in [5, 5.41) is 4.21. The minimum atomic E-state index is -4.68. The molecule has 0 bridgehead atoms. The van der Waals surface area contributed by atoms with Gasteiger partial charge in [-0.25, -0.2) is 9.80 Å². The topological polar surface area (TPSA) is 94.2 Å². The van der Waals surface area contributed by atoms with E-state index in [4.69, 9.17) is 4.74 Å². The van der Waals surface area contributed by atoms with Crippen LogP contribution in [-0.2, 0) is 20.5 Å². The first-order valence-corrected chi connectivity index (χ1v) is 10.7. The lowest BCUT2D eigenvalue weighted by molar-refractivity contribution is -0.138. The molecule has 1 fully saturated rings. The number of nitrogens with one attached hydrogen (secondary N) is 2. The second kappa shape index (κ2) is 9.47. The Kier molecular flexibility index (Phi) is 6.62. The number of halogens is 3. The van der Waals surface area contributed by atoms with Crippen molar-refractivity contribution in [3.05, 3.63) is 59.3 Å². The number of nitrogens with zero attached hydrogens (tertiary/aromatic N) is 3. The largest absolute Gasteiger partial charge is 0.416 e. The van der Waals surface area contributed by atoms with Gasteiger partial charge in [0.2, 0.25) is 0 Å². The quantitative estimate of drug-likeness (QED) is 0.602. The average molecular weight is 479 g/mol. The number of carbonyl (C=O) groups is 3. The van der Waals surface area contributed by atoms with Crippen molar-refractivity contribution in [1.82, 2.24) is 25.6 Å². The standard InChI is InChI=1S/C22H24F3N5O4/c1-2-7-30-16-12-28(13-17(31)27-29-8-10-34-11-9-29)20(32)18(16)19(26-21(30)33)14-5-3-4-6-15(14)22(23,24)25/h2-6,19H,1,7-13H2,(H,26,33)(H,27,31). The van der Waals surface area contributed by atoms with Gasteiger partial charge in [-0.3, -0.25) is 19.9 Å². The van der Waals surface area contributed by atoms with Crippen LogP contribution in [0.3, 0.4) is 0 Å². The third kappa shape index (κ3) is 4.64. The van der Waals surface area contributed by atoms with Crippen molar-refractivity contribution in [2.45, 2.75) is 12.2 Å². The Morgan fingerprint density at radius 3 is 2.62 bits per heavy atom. The highest BCUT2D eigenvalue weighted by Crippen LogP contribution is 2.41. The molecule has 3 heterocycles. The molecule has 0 radical (unpaired) electrons. The summed E-state index contributed by atoms with van der Waals surface area (Å²) >= 11 is 0. The third-order valence-electron chi connectivity index (χ3n) is 5.81. The second-order valence-electron chi connectivity index (χ2n) is 8.02. The number of alkyl halides is 3. The Morgan fingerprint density at radius 1 is 1.24 bits per heavy atom. The molecule has 4 amide bonds. The molecule has 182 valence electrons. The number of amides is 4. The molecular weight excluding hydrogens is 455 g/mol. The van der Waals surface area contributed by atoms with Crippen LogP contribution >= 0.6 is 0 Å². The van der Waals surface area contributed by atoms with Gasteiger partial charge in [0.05, 0.1) is 42.6 Å². The van der Waals surface area contributed by atoms with Crippen molar-refractivity contribution in [2.24, 2.45) is 0 Å². The smallest absolute Gasteiger partial charge is 0.379 e. The van der Waals surface area contributed by atoms with E-state index in [1.807, 2.05) is 0 Å². The molecule has 3 aliphatic heterocycles. The molecule has 4 rings (SSSR count). The van der Waals surface area contributed by atoms with Crippen molar-refractivity contribution in [3.8, 4) is 0 Å². The maximum Gasteiger partial charge on any atom is 0.416 e. The fraction of sp³-hybridized carbons (Fsp3) is 0.409. The number of rotatable bonds is 6. The number of benzene rings is 1. The van der Waals surface area contributed by atoms with E-state index in [2.05, 4.69) is 17.3 Å². The van der Waals surface area contributed by atoms with Gasteiger partial charge in [-0.15, -0.1) is 6.58 Å². The van der Waals surface area contributed by atoms with E-state index in [-0.39, 0.29) is 36.5 Å². The molecule has 1 atom stereocenters. The maximum atomic E-state index is 13.7. The van der Waals surface area contributed by atoms with E-state index in [1.54, 1.807) is 5.01 Å². The zero-order valence-corrected chi connectivity index (χ0v) is 18.2. The lowest BCUT2D eigenvalue weighted by Gasteiger charge is -2.33. The van der Waals surface area contributed by atoms with Gasteiger partial charge in [-0.05, 0) is 11.6 Å². The van der Waals surface area contributed by atoms with Gasteiger partial charge in [0, 0.05) is 19.6 Å². The number of hydrogen-bond donors (Lipinski definition) is 2. The van der Waals surface area contributed by atoms with Gasteiger partial charge in [0.25, 0.3) is 11.8 Å². The van der Waals surface area contributed by atoms with E-state index < -0.39 is 35.6 Å². The molecule has 1 saturated heterocycles. The molecule has 1 aromatic carbocycles. The Morgan fingerprint density at radius 2 is 1.94 bits per heavy atom. The van der Waals surface area contributed by atoms with Gasteiger partial charge in [-0.2, -0.15) is 13.2 Å². The first-order chi connectivity index (χ1) is 16.2. The summed E-state index contributed by atoms with van der Waals surface area (Å²) in [5.41, 5.74) is 1.80. The van der Waals surface area contributed by atoms with Gasteiger partial charge in [0.1, 0.15) is 6.54 Å². The lowest BCUT2D eigenvalue weighted by Crippen LogP contribution is -2.51. The molecule has 1 aromatic rings. The summed E-state index contributed by atoms with van der Waals surface area (Å²) in [7, 11) is 0. The summed E-state index contributed by atoms with van der Waals surface area (Å²) in [4.78, 5) is 41.2. The number of urea groups is 1. The Balaban J connectivity index is 1.63. The van der Waals surface area contributed by atoms with Crippen LogP contribution < -0.4 is 10.7 Å². The number of morpholine rings is 1. The molecule has 1 unspecified atom stereocenters. The van der Waals surface area contributed by atoms with E-state index in [1.165, 1.54) is 34.1 Å². The predicted molar refractivity (Wildman–Crippen MR) is 114 cm³/mol. The Bertz CT molecular complexity index is 1040. The molecular formula is C22H24F3N5O4.